The summed E-state index contributed by atoms with van der Waals surface area (Å²) >= 11 is 0. The van der Waals surface area contributed by atoms with Crippen LogP contribution in [0.5, 0.6) is 0 Å². The van der Waals surface area contributed by atoms with E-state index in [0.29, 0.717) is 5.56 Å². The van der Waals surface area contributed by atoms with Gasteiger partial charge < -0.3 is 19.1 Å². The molecule has 0 aliphatic rings. The van der Waals surface area contributed by atoms with Gasteiger partial charge in [0.2, 0.25) is 0 Å². The predicted molar refractivity (Wildman–Crippen MR) is 80.7 cm³/mol. The summed E-state index contributed by atoms with van der Waals surface area (Å²) in [6, 6.07) is 3.68. The van der Waals surface area contributed by atoms with Crippen LogP contribution in [-0.2, 0) is 24.9 Å². The summed E-state index contributed by atoms with van der Waals surface area (Å²) in [6.45, 7) is 5.21. The maximum Gasteiger partial charge on any atom is 0.407 e. The van der Waals surface area contributed by atoms with Crippen molar-refractivity contribution in [1.29, 1.82) is 0 Å². The third-order valence-corrected chi connectivity index (χ3v) is 4.61. The van der Waals surface area contributed by atoms with Gasteiger partial charge in [-0.1, -0.05) is 6.07 Å². The van der Waals surface area contributed by atoms with Crippen LogP contribution >= 0.6 is 7.60 Å². The molecule has 0 unspecified atom stereocenters. The third-order valence-electron chi connectivity index (χ3n) is 2.65. The van der Waals surface area contributed by atoms with Gasteiger partial charge in [0.25, 0.3) is 0 Å². The Bertz CT molecular complexity index is 577. The monoisotopic (exact) mass is 333 g/mol. The molecule has 1 N–H and O–H groups in total. The Morgan fingerprint density at radius 3 is 2.36 bits per heavy atom. The van der Waals surface area contributed by atoms with Crippen LogP contribution in [0.1, 0.15) is 26.3 Å². The van der Waals surface area contributed by atoms with Gasteiger partial charge in [0, 0.05) is 20.8 Å². The van der Waals surface area contributed by atoms with Gasteiger partial charge in [0.1, 0.15) is 11.4 Å². The largest absolute Gasteiger partial charge is 0.444 e. The highest BCUT2D eigenvalue weighted by Crippen LogP contribution is 2.46. The van der Waals surface area contributed by atoms with Crippen molar-refractivity contribution in [2.75, 3.05) is 14.2 Å². The Hall–Kier alpha value is -1.43. The SMILES string of the molecule is COP(=O)(OC)c1cc(F)ccc1CNC(=O)OC(C)(C)C. The number of carbonyl (C=O) groups is 1. The van der Waals surface area contributed by atoms with Crippen molar-refractivity contribution < 1.29 is 27.5 Å². The first-order valence-corrected chi connectivity index (χ1v) is 8.13. The summed E-state index contributed by atoms with van der Waals surface area (Å²) in [6.07, 6.45) is -0.632. The quantitative estimate of drug-likeness (QED) is 0.839. The Balaban J connectivity index is 2.97. The van der Waals surface area contributed by atoms with Crippen molar-refractivity contribution >= 4 is 19.0 Å². The molecule has 8 heteroatoms. The van der Waals surface area contributed by atoms with Crippen LogP contribution in [-0.4, -0.2) is 25.9 Å². The van der Waals surface area contributed by atoms with Crippen LogP contribution in [0.15, 0.2) is 18.2 Å². The molecule has 0 aliphatic carbocycles. The molecule has 22 heavy (non-hydrogen) atoms. The van der Waals surface area contributed by atoms with E-state index in [0.717, 1.165) is 6.07 Å². The second-order valence-electron chi connectivity index (χ2n) is 5.49. The lowest BCUT2D eigenvalue weighted by Gasteiger charge is -2.21. The van der Waals surface area contributed by atoms with E-state index in [9.17, 15) is 13.8 Å². The smallest absolute Gasteiger partial charge is 0.407 e. The van der Waals surface area contributed by atoms with Crippen LogP contribution < -0.4 is 10.6 Å². The molecule has 1 aromatic carbocycles. The average molecular weight is 333 g/mol. The number of rotatable bonds is 5. The zero-order chi connectivity index (χ0) is 17.0. The van der Waals surface area contributed by atoms with Crippen LogP contribution in [0, 0.1) is 5.82 Å². The Morgan fingerprint density at radius 2 is 1.86 bits per heavy atom. The fourth-order valence-electron chi connectivity index (χ4n) is 1.69. The van der Waals surface area contributed by atoms with Gasteiger partial charge in [-0.15, -0.1) is 0 Å². The van der Waals surface area contributed by atoms with Gasteiger partial charge in [-0.2, -0.15) is 0 Å². The lowest BCUT2D eigenvalue weighted by molar-refractivity contribution is 0.0523. The Kier molecular flexibility index (Phi) is 6.11. The fourth-order valence-corrected chi connectivity index (χ4v) is 3.02. The summed E-state index contributed by atoms with van der Waals surface area (Å²) in [7, 11) is -1.21. The predicted octanol–water partition coefficient (Wildman–Crippen LogP) is 2.96. The lowest BCUT2D eigenvalue weighted by atomic mass is 10.2. The second kappa shape index (κ2) is 7.22. The summed E-state index contributed by atoms with van der Waals surface area (Å²) in [5.74, 6) is -0.578. The molecule has 1 amide bonds. The van der Waals surface area contributed by atoms with Crippen molar-refractivity contribution in [3.05, 3.63) is 29.6 Å². The van der Waals surface area contributed by atoms with Crippen LogP contribution in [0.3, 0.4) is 0 Å². The highest BCUT2D eigenvalue weighted by atomic mass is 31.2. The van der Waals surface area contributed by atoms with E-state index in [4.69, 9.17) is 13.8 Å². The van der Waals surface area contributed by atoms with Crippen LogP contribution in [0.4, 0.5) is 9.18 Å². The molecular weight excluding hydrogens is 312 g/mol. The van der Waals surface area contributed by atoms with Gasteiger partial charge in [-0.05, 0) is 38.5 Å². The standard InChI is InChI=1S/C14H21FNO5P/c1-14(2,3)21-13(17)16-9-10-6-7-11(15)8-12(10)22(18,19-4)20-5/h6-8H,9H2,1-5H3,(H,16,17). The molecule has 0 saturated carbocycles. The van der Waals surface area contributed by atoms with E-state index in [1.807, 2.05) is 0 Å². The first-order chi connectivity index (χ1) is 10.1. The number of ether oxygens (including phenoxy) is 1. The Labute approximate surface area is 129 Å². The normalized spacial score (nSPS) is 12.1. The van der Waals surface area contributed by atoms with Gasteiger partial charge in [0.15, 0.2) is 0 Å². The highest BCUT2D eigenvalue weighted by Gasteiger charge is 2.28. The number of amides is 1. The zero-order valence-electron chi connectivity index (χ0n) is 13.3. The number of carbonyl (C=O) groups excluding carboxylic acids is 1. The molecule has 6 nitrogen and oxygen atoms in total. The number of benzene rings is 1. The highest BCUT2D eigenvalue weighted by molar-refractivity contribution is 7.62. The van der Waals surface area contributed by atoms with Crippen molar-refractivity contribution in [1.82, 2.24) is 5.32 Å². The maximum absolute atomic E-state index is 13.4. The lowest BCUT2D eigenvalue weighted by Crippen LogP contribution is -2.33. The molecule has 0 saturated heterocycles. The molecular formula is C14H21FNO5P. The molecule has 0 fully saturated rings. The number of hydrogen-bond acceptors (Lipinski definition) is 5. The van der Waals surface area contributed by atoms with Crippen molar-refractivity contribution in [3.8, 4) is 0 Å². The van der Waals surface area contributed by atoms with E-state index < -0.39 is 25.1 Å². The van der Waals surface area contributed by atoms with E-state index >= 15 is 0 Å². The first-order valence-electron chi connectivity index (χ1n) is 6.58. The van der Waals surface area contributed by atoms with Crippen molar-refractivity contribution in [3.63, 3.8) is 0 Å². The van der Waals surface area contributed by atoms with Gasteiger partial charge in [-0.3, -0.25) is 4.57 Å². The summed E-state index contributed by atoms with van der Waals surface area (Å²) in [5.41, 5.74) is -0.219. The molecule has 0 heterocycles. The molecule has 0 spiro atoms. The zero-order valence-corrected chi connectivity index (χ0v) is 14.2. The first kappa shape index (κ1) is 18.6. The minimum absolute atomic E-state index is 0.00123. The average Bonchev–Trinajstić information content (AvgIpc) is 2.43. The summed E-state index contributed by atoms with van der Waals surface area (Å²) in [5, 5.41) is 2.58. The van der Waals surface area contributed by atoms with Gasteiger partial charge >= 0.3 is 13.7 Å². The number of alkyl carbamates (subject to hydrolysis) is 1. The van der Waals surface area contributed by atoms with Gasteiger partial charge in [0.05, 0.1) is 5.30 Å². The van der Waals surface area contributed by atoms with Crippen LogP contribution in [0.2, 0.25) is 0 Å². The molecule has 0 atom stereocenters. The molecule has 0 radical (unpaired) electrons. The Morgan fingerprint density at radius 1 is 1.27 bits per heavy atom. The number of halogens is 1. The molecule has 124 valence electrons. The molecule has 0 aromatic heterocycles. The van der Waals surface area contributed by atoms with Crippen LogP contribution in [0.25, 0.3) is 0 Å². The van der Waals surface area contributed by atoms with E-state index in [2.05, 4.69) is 5.32 Å². The minimum atomic E-state index is -3.63. The topological polar surface area (TPSA) is 73.9 Å². The van der Waals surface area contributed by atoms with E-state index in [1.165, 1.54) is 26.4 Å². The molecule has 0 bridgehead atoms. The molecule has 1 aromatic rings. The summed E-state index contributed by atoms with van der Waals surface area (Å²) < 4.78 is 40.7. The second-order valence-corrected chi connectivity index (χ2v) is 7.70. The van der Waals surface area contributed by atoms with Crippen molar-refractivity contribution in [2.45, 2.75) is 32.9 Å². The molecule has 1 rings (SSSR count). The maximum atomic E-state index is 13.4. The number of nitrogens with one attached hydrogen (secondary N) is 1. The van der Waals surface area contributed by atoms with E-state index in [1.54, 1.807) is 20.8 Å². The van der Waals surface area contributed by atoms with E-state index in [-0.39, 0.29) is 11.8 Å². The van der Waals surface area contributed by atoms with Gasteiger partial charge in [-0.25, -0.2) is 9.18 Å². The number of hydrogen-bond donors (Lipinski definition) is 1. The minimum Gasteiger partial charge on any atom is -0.444 e. The third kappa shape index (κ3) is 5.09. The van der Waals surface area contributed by atoms with Crippen molar-refractivity contribution in [2.24, 2.45) is 0 Å². The fraction of sp³-hybridized carbons (Fsp3) is 0.500. The summed E-state index contributed by atoms with van der Waals surface area (Å²) in [4.78, 5) is 11.7. The molecule has 0 aliphatic heterocycles.